The summed E-state index contributed by atoms with van der Waals surface area (Å²) >= 11 is 9.02. The predicted molar refractivity (Wildman–Crippen MR) is 65.7 cm³/mol. The molecule has 5 nitrogen and oxygen atoms in total. The second-order valence-electron chi connectivity index (χ2n) is 3.56. The normalized spacial score (nSPS) is 15.1. The van der Waals surface area contributed by atoms with Crippen molar-refractivity contribution in [2.24, 2.45) is 0 Å². The molecule has 0 aliphatic carbocycles. The molecule has 2 rings (SSSR count). The van der Waals surface area contributed by atoms with E-state index in [-0.39, 0.29) is 23.4 Å². The molecular weight excluding hydrogens is 325 g/mol. The van der Waals surface area contributed by atoms with Gasteiger partial charge in [0, 0.05) is 17.3 Å². The summed E-state index contributed by atoms with van der Waals surface area (Å²) in [5.74, 6) is -1.91. The predicted octanol–water partition coefficient (Wildman–Crippen LogP) is 2.32. The van der Waals surface area contributed by atoms with Crippen molar-refractivity contribution in [3.63, 3.8) is 0 Å². The minimum atomic E-state index is -0.851. The second-order valence-corrected chi connectivity index (χ2v) is 4.82. The summed E-state index contributed by atoms with van der Waals surface area (Å²) in [6, 6.07) is 4.77. The second kappa shape index (κ2) is 5.07. The zero-order valence-electron chi connectivity index (χ0n) is 8.98. The molecule has 94 valence electrons. The molecule has 0 unspecified atom stereocenters. The maximum Gasteiger partial charge on any atom is 0.366 e. The zero-order chi connectivity index (χ0) is 13.3. The highest BCUT2D eigenvalue weighted by Crippen LogP contribution is 2.26. The summed E-state index contributed by atoms with van der Waals surface area (Å²) in [6.07, 6.45) is 0.103. The van der Waals surface area contributed by atoms with Gasteiger partial charge in [0.2, 0.25) is 0 Å². The number of hydrogen-bond acceptors (Lipinski definition) is 4. The van der Waals surface area contributed by atoms with E-state index in [0.29, 0.717) is 9.54 Å². The Hall–Kier alpha value is -1.40. The number of carbonyl (C=O) groups is 3. The topological polar surface area (TPSA) is 63.7 Å². The number of hydrogen-bond donors (Lipinski definition) is 0. The van der Waals surface area contributed by atoms with Crippen molar-refractivity contribution in [3.05, 3.63) is 33.3 Å². The Morgan fingerprint density at radius 3 is 2.44 bits per heavy atom. The van der Waals surface area contributed by atoms with E-state index in [1.54, 1.807) is 12.1 Å². The Bertz CT molecular complexity index is 510. The number of nitrogens with zero attached hydrogens (tertiary/aromatic N) is 1. The highest BCUT2D eigenvalue weighted by molar-refractivity contribution is 9.10. The summed E-state index contributed by atoms with van der Waals surface area (Å²) in [6.45, 7) is 0. The Labute approximate surface area is 116 Å². The van der Waals surface area contributed by atoms with Gasteiger partial charge in [-0.1, -0.05) is 17.7 Å². The van der Waals surface area contributed by atoms with Crippen molar-refractivity contribution >= 4 is 45.3 Å². The lowest BCUT2D eigenvalue weighted by molar-refractivity contribution is -0.172. The van der Waals surface area contributed by atoms with E-state index in [2.05, 4.69) is 15.9 Å². The van der Waals surface area contributed by atoms with E-state index >= 15 is 0 Å². The molecule has 1 aliphatic rings. The minimum absolute atomic E-state index is 0.0514. The van der Waals surface area contributed by atoms with Crippen molar-refractivity contribution in [1.82, 2.24) is 5.06 Å². The molecule has 0 spiro atoms. The van der Waals surface area contributed by atoms with Gasteiger partial charge in [0.05, 0.1) is 10.6 Å². The van der Waals surface area contributed by atoms with Crippen molar-refractivity contribution in [2.75, 3.05) is 0 Å². The maximum absolute atomic E-state index is 11.9. The molecule has 0 atom stereocenters. The molecule has 0 radical (unpaired) electrons. The largest absolute Gasteiger partial charge is 0.366 e. The zero-order valence-corrected chi connectivity index (χ0v) is 11.3. The fourth-order valence-electron chi connectivity index (χ4n) is 1.48. The fourth-order valence-corrected chi connectivity index (χ4v) is 2.37. The fraction of sp³-hybridized carbons (Fsp3) is 0.182. The van der Waals surface area contributed by atoms with Crippen LogP contribution in [0.3, 0.4) is 0 Å². The first-order valence-electron chi connectivity index (χ1n) is 5.03. The molecule has 1 saturated heterocycles. The number of carbonyl (C=O) groups excluding carboxylic acids is 3. The molecule has 1 aromatic rings. The first kappa shape index (κ1) is 13.0. The van der Waals surface area contributed by atoms with E-state index < -0.39 is 17.8 Å². The summed E-state index contributed by atoms with van der Waals surface area (Å²) in [7, 11) is 0. The van der Waals surface area contributed by atoms with Crippen molar-refractivity contribution < 1.29 is 19.2 Å². The monoisotopic (exact) mass is 331 g/mol. The molecular formula is C11H7BrClNO4. The lowest BCUT2D eigenvalue weighted by Crippen LogP contribution is -2.32. The van der Waals surface area contributed by atoms with Crippen LogP contribution in [0, 0.1) is 0 Å². The summed E-state index contributed by atoms with van der Waals surface area (Å²) in [5, 5.41) is 0.659. The summed E-state index contributed by atoms with van der Waals surface area (Å²) in [5.41, 5.74) is 0.0756. The number of hydroxylamine groups is 2. The molecule has 18 heavy (non-hydrogen) atoms. The summed E-state index contributed by atoms with van der Waals surface area (Å²) in [4.78, 5) is 39.2. The molecule has 0 saturated carbocycles. The van der Waals surface area contributed by atoms with E-state index in [0.717, 1.165) is 0 Å². The molecule has 0 aromatic heterocycles. The lowest BCUT2D eigenvalue weighted by Gasteiger charge is -2.13. The summed E-state index contributed by atoms with van der Waals surface area (Å²) < 4.78 is 0.430. The van der Waals surface area contributed by atoms with Crippen LogP contribution in [0.4, 0.5) is 0 Å². The van der Waals surface area contributed by atoms with Gasteiger partial charge in [0.1, 0.15) is 0 Å². The number of amides is 2. The Morgan fingerprint density at radius 2 is 1.89 bits per heavy atom. The van der Waals surface area contributed by atoms with Crippen LogP contribution in [0.15, 0.2) is 22.7 Å². The van der Waals surface area contributed by atoms with Crippen LogP contribution in [0.1, 0.15) is 23.2 Å². The first-order valence-corrected chi connectivity index (χ1v) is 6.20. The SMILES string of the molecule is O=C(ON1C(=O)CCC1=O)c1c(Cl)cccc1Br. The van der Waals surface area contributed by atoms with Crippen molar-refractivity contribution in [1.29, 1.82) is 0 Å². The molecule has 1 aliphatic heterocycles. The molecule has 1 fully saturated rings. The number of halogens is 2. The third-order valence-electron chi connectivity index (χ3n) is 2.35. The Balaban J connectivity index is 2.23. The average molecular weight is 333 g/mol. The van der Waals surface area contributed by atoms with Crippen LogP contribution in [0.5, 0.6) is 0 Å². The van der Waals surface area contributed by atoms with Gasteiger partial charge in [-0.15, -0.1) is 5.06 Å². The molecule has 0 N–H and O–H groups in total. The molecule has 1 heterocycles. The van der Waals surface area contributed by atoms with Gasteiger partial charge in [0.15, 0.2) is 0 Å². The van der Waals surface area contributed by atoms with Crippen molar-refractivity contribution in [3.8, 4) is 0 Å². The molecule has 2 amide bonds. The minimum Gasteiger partial charge on any atom is -0.325 e. The van der Waals surface area contributed by atoms with E-state index in [1.165, 1.54) is 6.07 Å². The Morgan fingerprint density at radius 1 is 1.28 bits per heavy atom. The van der Waals surface area contributed by atoms with Gasteiger partial charge in [-0.2, -0.15) is 0 Å². The molecule has 7 heteroatoms. The van der Waals surface area contributed by atoms with Gasteiger partial charge in [0.25, 0.3) is 11.8 Å². The number of benzene rings is 1. The van der Waals surface area contributed by atoms with Gasteiger partial charge in [-0.25, -0.2) is 4.79 Å². The van der Waals surface area contributed by atoms with Crippen LogP contribution in [-0.4, -0.2) is 22.8 Å². The quantitative estimate of drug-likeness (QED) is 0.780. The van der Waals surface area contributed by atoms with Gasteiger partial charge < -0.3 is 4.84 Å². The third kappa shape index (κ3) is 2.39. The highest BCUT2D eigenvalue weighted by atomic mass is 79.9. The number of rotatable bonds is 2. The first-order chi connectivity index (χ1) is 8.50. The van der Waals surface area contributed by atoms with Crippen LogP contribution in [-0.2, 0) is 14.4 Å². The highest BCUT2D eigenvalue weighted by Gasteiger charge is 2.33. The van der Waals surface area contributed by atoms with E-state index in [4.69, 9.17) is 16.4 Å². The Kier molecular flexibility index (Phi) is 3.68. The lowest BCUT2D eigenvalue weighted by atomic mass is 10.2. The van der Waals surface area contributed by atoms with Crippen LogP contribution in [0.2, 0.25) is 5.02 Å². The van der Waals surface area contributed by atoms with Gasteiger partial charge in [-0.05, 0) is 28.1 Å². The van der Waals surface area contributed by atoms with E-state index in [9.17, 15) is 14.4 Å². The van der Waals surface area contributed by atoms with Crippen LogP contribution in [0.25, 0.3) is 0 Å². The van der Waals surface area contributed by atoms with Gasteiger partial charge in [-0.3, -0.25) is 9.59 Å². The van der Waals surface area contributed by atoms with Gasteiger partial charge >= 0.3 is 5.97 Å². The maximum atomic E-state index is 11.9. The molecule has 0 bridgehead atoms. The van der Waals surface area contributed by atoms with Crippen LogP contribution < -0.4 is 0 Å². The average Bonchev–Trinajstić information content (AvgIpc) is 2.60. The van der Waals surface area contributed by atoms with Crippen LogP contribution >= 0.6 is 27.5 Å². The number of imide groups is 1. The third-order valence-corrected chi connectivity index (χ3v) is 3.32. The standard InChI is InChI=1S/C11H7BrClNO4/c12-6-2-1-3-7(13)10(6)11(17)18-14-8(15)4-5-9(14)16/h1-3H,4-5H2. The van der Waals surface area contributed by atoms with E-state index in [1.807, 2.05) is 0 Å². The molecule has 1 aromatic carbocycles. The smallest absolute Gasteiger partial charge is 0.325 e. The van der Waals surface area contributed by atoms with Crippen molar-refractivity contribution in [2.45, 2.75) is 12.8 Å².